The van der Waals surface area contributed by atoms with Gasteiger partial charge < -0.3 is 9.84 Å². The zero-order valence-corrected chi connectivity index (χ0v) is 9.91. The van der Waals surface area contributed by atoms with E-state index in [1.54, 1.807) is 12.1 Å². The lowest BCUT2D eigenvalue weighted by molar-refractivity contribution is -0.136. The first kappa shape index (κ1) is 12.6. The Hall–Kier alpha value is -1.48. The molecular formula is C12H13ClO3. The molecule has 1 N–H and O–H groups in total. The van der Waals surface area contributed by atoms with E-state index in [0.717, 1.165) is 5.56 Å². The maximum Gasteiger partial charge on any atom is 0.308 e. The number of carboxylic acid groups (broad SMARTS) is 1. The van der Waals surface area contributed by atoms with Crippen LogP contribution in [0.15, 0.2) is 18.2 Å². The smallest absolute Gasteiger partial charge is 0.308 e. The lowest BCUT2D eigenvalue weighted by atomic mass is 10.1. The van der Waals surface area contributed by atoms with Crippen LogP contribution in [0.25, 0.3) is 6.08 Å². The van der Waals surface area contributed by atoms with E-state index in [1.807, 2.05) is 19.1 Å². The summed E-state index contributed by atoms with van der Waals surface area (Å²) in [6.45, 7) is 1.89. The Morgan fingerprint density at radius 2 is 2.25 bits per heavy atom. The van der Waals surface area contributed by atoms with E-state index in [0.29, 0.717) is 16.3 Å². The Morgan fingerprint density at radius 3 is 2.75 bits per heavy atom. The molecule has 0 radical (unpaired) electrons. The summed E-state index contributed by atoms with van der Waals surface area (Å²) in [5, 5.41) is 9.17. The minimum Gasteiger partial charge on any atom is -0.496 e. The van der Waals surface area contributed by atoms with Gasteiger partial charge in [-0.15, -0.1) is 0 Å². The Labute approximate surface area is 99.3 Å². The van der Waals surface area contributed by atoms with Gasteiger partial charge in [-0.05, 0) is 24.6 Å². The average Bonchev–Trinajstić information content (AvgIpc) is 2.21. The van der Waals surface area contributed by atoms with Crippen molar-refractivity contribution in [2.24, 2.45) is 0 Å². The highest BCUT2D eigenvalue weighted by molar-refractivity contribution is 6.31. The van der Waals surface area contributed by atoms with Gasteiger partial charge in [0.2, 0.25) is 0 Å². The van der Waals surface area contributed by atoms with Gasteiger partial charge in [-0.25, -0.2) is 0 Å². The normalized spacial score (nSPS) is 10.7. The number of allylic oxidation sites excluding steroid dienone is 1. The zero-order valence-electron chi connectivity index (χ0n) is 9.16. The molecule has 0 aromatic heterocycles. The number of hydrogen-bond acceptors (Lipinski definition) is 2. The van der Waals surface area contributed by atoms with Crippen molar-refractivity contribution < 1.29 is 14.6 Å². The number of carboxylic acids is 1. The first-order chi connectivity index (χ1) is 7.58. The molecule has 4 heteroatoms. The highest BCUT2D eigenvalue weighted by Crippen LogP contribution is 2.29. The van der Waals surface area contributed by atoms with Crippen LogP contribution >= 0.6 is 11.6 Å². The van der Waals surface area contributed by atoms with Gasteiger partial charge in [0.1, 0.15) is 5.75 Å². The average molecular weight is 241 g/mol. The number of halogens is 1. The van der Waals surface area contributed by atoms with Gasteiger partial charge in [0.25, 0.3) is 0 Å². The standard InChI is InChI=1S/C12H13ClO3/c1-3-4-8-5-10(13)9(7-12(14)15)11(6-8)16-2/h3-6H,7H2,1-2H3,(H,14,15)/b4-3+. The fourth-order valence-corrected chi connectivity index (χ4v) is 1.71. The van der Waals surface area contributed by atoms with Gasteiger partial charge in [0.15, 0.2) is 0 Å². The van der Waals surface area contributed by atoms with Crippen LogP contribution in [0.1, 0.15) is 18.1 Å². The van der Waals surface area contributed by atoms with Crippen LogP contribution in [-0.2, 0) is 11.2 Å². The van der Waals surface area contributed by atoms with Gasteiger partial charge in [-0.3, -0.25) is 4.79 Å². The van der Waals surface area contributed by atoms with E-state index in [2.05, 4.69) is 0 Å². The predicted octanol–water partition coefficient (Wildman–Crippen LogP) is 3.01. The van der Waals surface area contributed by atoms with Crippen molar-refractivity contribution in [1.82, 2.24) is 0 Å². The highest BCUT2D eigenvalue weighted by atomic mass is 35.5. The number of hydrogen-bond donors (Lipinski definition) is 1. The molecule has 1 aromatic rings. The van der Waals surface area contributed by atoms with E-state index >= 15 is 0 Å². The van der Waals surface area contributed by atoms with E-state index in [4.69, 9.17) is 21.4 Å². The molecule has 0 heterocycles. The maximum atomic E-state index is 10.7. The van der Waals surface area contributed by atoms with Crippen LogP contribution in [0.3, 0.4) is 0 Å². The van der Waals surface area contributed by atoms with Crippen LogP contribution in [0.5, 0.6) is 5.75 Å². The van der Waals surface area contributed by atoms with Crippen molar-refractivity contribution in [1.29, 1.82) is 0 Å². The molecule has 0 aliphatic heterocycles. The molecule has 0 bridgehead atoms. The van der Waals surface area contributed by atoms with Crippen LogP contribution in [0.2, 0.25) is 5.02 Å². The highest BCUT2D eigenvalue weighted by Gasteiger charge is 2.12. The van der Waals surface area contributed by atoms with Crippen molar-refractivity contribution >= 4 is 23.6 Å². The van der Waals surface area contributed by atoms with E-state index in [9.17, 15) is 4.79 Å². The predicted molar refractivity (Wildman–Crippen MR) is 64.1 cm³/mol. The first-order valence-electron chi connectivity index (χ1n) is 4.79. The largest absolute Gasteiger partial charge is 0.496 e. The molecule has 0 saturated carbocycles. The molecule has 0 saturated heterocycles. The molecule has 16 heavy (non-hydrogen) atoms. The van der Waals surface area contributed by atoms with E-state index in [1.165, 1.54) is 7.11 Å². The molecule has 0 fully saturated rings. The minimum absolute atomic E-state index is 0.141. The number of carbonyl (C=O) groups is 1. The Bertz CT molecular complexity index is 425. The molecule has 3 nitrogen and oxygen atoms in total. The minimum atomic E-state index is -0.931. The third-order valence-electron chi connectivity index (χ3n) is 2.08. The third kappa shape index (κ3) is 3.00. The molecule has 0 amide bonds. The second-order valence-corrected chi connectivity index (χ2v) is 3.66. The summed E-state index contributed by atoms with van der Waals surface area (Å²) in [6.07, 6.45) is 3.61. The Morgan fingerprint density at radius 1 is 1.56 bits per heavy atom. The number of benzene rings is 1. The number of ether oxygens (including phenoxy) is 1. The van der Waals surface area contributed by atoms with Gasteiger partial charge in [0.05, 0.1) is 13.5 Å². The van der Waals surface area contributed by atoms with Crippen LogP contribution in [-0.4, -0.2) is 18.2 Å². The number of rotatable bonds is 4. The first-order valence-corrected chi connectivity index (χ1v) is 5.17. The molecule has 1 aromatic carbocycles. The second kappa shape index (κ2) is 5.56. The van der Waals surface area contributed by atoms with Crippen molar-refractivity contribution in [3.63, 3.8) is 0 Å². The van der Waals surface area contributed by atoms with Gasteiger partial charge in [-0.2, -0.15) is 0 Å². The van der Waals surface area contributed by atoms with Crippen molar-refractivity contribution in [2.75, 3.05) is 7.11 Å². The number of methoxy groups -OCH3 is 1. The fraction of sp³-hybridized carbons (Fsp3) is 0.250. The van der Waals surface area contributed by atoms with E-state index in [-0.39, 0.29) is 6.42 Å². The molecule has 86 valence electrons. The third-order valence-corrected chi connectivity index (χ3v) is 2.42. The molecule has 0 aliphatic rings. The van der Waals surface area contributed by atoms with Crippen molar-refractivity contribution in [3.05, 3.63) is 34.4 Å². The summed E-state index contributed by atoms with van der Waals surface area (Å²) in [4.78, 5) is 10.7. The van der Waals surface area contributed by atoms with Gasteiger partial charge in [-0.1, -0.05) is 23.8 Å². The summed E-state index contributed by atoms with van der Waals surface area (Å²) in [5.41, 5.74) is 1.39. The summed E-state index contributed by atoms with van der Waals surface area (Å²) in [5.74, 6) is -0.429. The summed E-state index contributed by atoms with van der Waals surface area (Å²) in [6, 6.07) is 3.49. The summed E-state index contributed by atoms with van der Waals surface area (Å²) in [7, 11) is 1.50. The van der Waals surface area contributed by atoms with Crippen LogP contribution < -0.4 is 4.74 Å². The summed E-state index contributed by atoms with van der Waals surface area (Å²) < 4.78 is 5.13. The second-order valence-electron chi connectivity index (χ2n) is 3.25. The molecule has 0 spiro atoms. The summed E-state index contributed by atoms with van der Waals surface area (Å²) >= 11 is 6.02. The molecular weight excluding hydrogens is 228 g/mol. The van der Waals surface area contributed by atoms with Crippen LogP contribution in [0.4, 0.5) is 0 Å². The Kier molecular flexibility index (Phi) is 4.38. The lowest BCUT2D eigenvalue weighted by Gasteiger charge is -2.10. The van der Waals surface area contributed by atoms with Crippen molar-refractivity contribution in [3.8, 4) is 5.75 Å². The molecule has 0 atom stereocenters. The quantitative estimate of drug-likeness (QED) is 0.880. The zero-order chi connectivity index (χ0) is 12.1. The van der Waals surface area contributed by atoms with Crippen LogP contribution in [0, 0.1) is 0 Å². The van der Waals surface area contributed by atoms with Gasteiger partial charge in [0, 0.05) is 10.6 Å². The number of aliphatic carboxylic acids is 1. The Balaban J connectivity index is 3.22. The fourth-order valence-electron chi connectivity index (χ4n) is 1.42. The monoisotopic (exact) mass is 240 g/mol. The van der Waals surface area contributed by atoms with Crippen molar-refractivity contribution in [2.45, 2.75) is 13.3 Å². The molecule has 0 aliphatic carbocycles. The van der Waals surface area contributed by atoms with E-state index < -0.39 is 5.97 Å². The van der Waals surface area contributed by atoms with Gasteiger partial charge >= 0.3 is 5.97 Å². The lowest BCUT2D eigenvalue weighted by Crippen LogP contribution is -2.03. The SMILES string of the molecule is C/C=C/c1cc(Cl)c(CC(=O)O)c(OC)c1. The topological polar surface area (TPSA) is 46.5 Å². The maximum absolute atomic E-state index is 10.7. The molecule has 1 rings (SSSR count). The molecule has 0 unspecified atom stereocenters.